The summed E-state index contributed by atoms with van der Waals surface area (Å²) in [4.78, 5) is 15.3. The Morgan fingerprint density at radius 3 is 2.86 bits per heavy atom. The summed E-state index contributed by atoms with van der Waals surface area (Å²) in [5.74, 6) is 0.597. The Morgan fingerprint density at radius 2 is 1.91 bits per heavy atom. The molecule has 0 saturated carbocycles. The number of aromatic nitrogens is 4. The molecule has 0 aliphatic carbocycles. The highest BCUT2D eigenvalue weighted by molar-refractivity contribution is 5.91. The molecule has 0 aliphatic rings. The van der Waals surface area contributed by atoms with Gasteiger partial charge in [0.1, 0.15) is 11.8 Å². The van der Waals surface area contributed by atoms with Crippen LogP contribution >= 0.6 is 0 Å². The largest absolute Gasteiger partial charge is 0.340 e. The lowest BCUT2D eigenvalue weighted by molar-refractivity contribution is 1.17. The summed E-state index contributed by atoms with van der Waals surface area (Å²) in [6.07, 6.45) is 4.80. The third-order valence-corrected chi connectivity index (χ3v) is 3.38. The Balaban J connectivity index is 1.59. The SMILES string of the molecule is C(=N/Nc1ncnc2nc[nH]c12)/c1ccc2ccccc2c1. The standard InChI is InChI=1S/C16H12N6/c1-2-4-13-7-11(5-6-12(13)3-1)8-21-22-16-14-15(18-9-17-14)19-10-20-16/h1-10H,(H2,17,18,19,20,22)/b21-8-. The van der Waals surface area contributed by atoms with Crippen molar-refractivity contribution in [3.63, 3.8) is 0 Å². The lowest BCUT2D eigenvalue weighted by atomic mass is 10.1. The van der Waals surface area contributed by atoms with Gasteiger partial charge in [0.2, 0.25) is 0 Å². The number of nitrogens with zero attached hydrogens (tertiary/aromatic N) is 4. The summed E-state index contributed by atoms with van der Waals surface area (Å²) >= 11 is 0. The van der Waals surface area contributed by atoms with Gasteiger partial charge in [0, 0.05) is 0 Å². The van der Waals surface area contributed by atoms with Crippen molar-refractivity contribution in [1.82, 2.24) is 19.9 Å². The first kappa shape index (κ1) is 12.5. The third-order valence-electron chi connectivity index (χ3n) is 3.38. The zero-order valence-electron chi connectivity index (χ0n) is 11.6. The number of H-pyrrole nitrogens is 1. The predicted molar refractivity (Wildman–Crippen MR) is 86.8 cm³/mol. The highest BCUT2D eigenvalue weighted by atomic mass is 15.3. The van der Waals surface area contributed by atoms with Gasteiger partial charge in [0.15, 0.2) is 11.5 Å². The average molecular weight is 288 g/mol. The Bertz CT molecular complexity index is 972. The van der Waals surface area contributed by atoms with Crippen molar-refractivity contribution in [2.75, 3.05) is 5.43 Å². The number of hydrogen-bond acceptors (Lipinski definition) is 5. The first-order valence-electron chi connectivity index (χ1n) is 6.82. The van der Waals surface area contributed by atoms with Gasteiger partial charge in [-0.2, -0.15) is 5.10 Å². The van der Waals surface area contributed by atoms with E-state index in [4.69, 9.17) is 0 Å². The summed E-state index contributed by atoms with van der Waals surface area (Å²) in [5, 5.41) is 6.63. The van der Waals surface area contributed by atoms with Crippen LogP contribution in [0.4, 0.5) is 5.82 Å². The number of imidazole rings is 1. The molecule has 2 aromatic carbocycles. The molecule has 6 nitrogen and oxygen atoms in total. The summed E-state index contributed by atoms with van der Waals surface area (Å²) in [6.45, 7) is 0. The summed E-state index contributed by atoms with van der Waals surface area (Å²) in [6, 6.07) is 14.4. The molecule has 2 heterocycles. The highest BCUT2D eigenvalue weighted by Crippen LogP contribution is 2.16. The van der Waals surface area contributed by atoms with Crippen LogP contribution in [0.5, 0.6) is 0 Å². The number of fused-ring (bicyclic) bond motifs is 2. The lowest BCUT2D eigenvalue weighted by Crippen LogP contribution is -1.95. The monoisotopic (exact) mass is 288 g/mol. The van der Waals surface area contributed by atoms with Crippen molar-refractivity contribution in [2.24, 2.45) is 5.10 Å². The lowest BCUT2D eigenvalue weighted by Gasteiger charge is -2.01. The fourth-order valence-corrected chi connectivity index (χ4v) is 2.31. The predicted octanol–water partition coefficient (Wildman–Crippen LogP) is 2.95. The van der Waals surface area contributed by atoms with Crippen molar-refractivity contribution < 1.29 is 0 Å². The molecule has 0 radical (unpaired) electrons. The molecule has 0 fully saturated rings. The molecule has 0 bridgehead atoms. The highest BCUT2D eigenvalue weighted by Gasteiger charge is 2.03. The van der Waals surface area contributed by atoms with Crippen LogP contribution in [0.3, 0.4) is 0 Å². The van der Waals surface area contributed by atoms with Crippen LogP contribution in [-0.2, 0) is 0 Å². The molecule has 0 atom stereocenters. The zero-order valence-corrected chi connectivity index (χ0v) is 11.6. The number of rotatable bonds is 3. The number of aromatic amines is 1. The molecule has 2 aromatic heterocycles. The molecule has 0 amide bonds. The molecule has 0 unspecified atom stereocenters. The Morgan fingerprint density at radius 1 is 1.00 bits per heavy atom. The van der Waals surface area contributed by atoms with Gasteiger partial charge < -0.3 is 4.98 Å². The van der Waals surface area contributed by atoms with Crippen LogP contribution in [0.1, 0.15) is 5.56 Å². The van der Waals surface area contributed by atoms with Gasteiger partial charge in [-0.05, 0) is 22.4 Å². The minimum absolute atomic E-state index is 0.597. The van der Waals surface area contributed by atoms with Crippen molar-refractivity contribution in [2.45, 2.75) is 0 Å². The Labute approximate surface area is 126 Å². The summed E-state index contributed by atoms with van der Waals surface area (Å²) in [5.41, 5.74) is 5.28. The summed E-state index contributed by atoms with van der Waals surface area (Å²) in [7, 11) is 0. The second kappa shape index (κ2) is 5.25. The minimum atomic E-state index is 0.597. The van der Waals surface area contributed by atoms with Gasteiger partial charge in [-0.15, -0.1) is 0 Å². The minimum Gasteiger partial charge on any atom is -0.340 e. The Kier molecular flexibility index (Phi) is 2.97. The molecular weight excluding hydrogens is 276 g/mol. The molecule has 106 valence electrons. The molecule has 2 N–H and O–H groups in total. The van der Waals surface area contributed by atoms with Crippen LogP contribution in [-0.4, -0.2) is 26.2 Å². The second-order valence-electron chi connectivity index (χ2n) is 4.80. The molecule has 0 spiro atoms. The molecule has 0 aliphatic heterocycles. The molecule has 6 heteroatoms. The van der Waals surface area contributed by atoms with E-state index in [9.17, 15) is 0 Å². The van der Waals surface area contributed by atoms with E-state index < -0.39 is 0 Å². The van der Waals surface area contributed by atoms with E-state index >= 15 is 0 Å². The van der Waals surface area contributed by atoms with E-state index in [0.29, 0.717) is 11.5 Å². The number of benzene rings is 2. The Hall–Kier alpha value is -3.28. The third kappa shape index (κ3) is 2.26. The van der Waals surface area contributed by atoms with Crippen LogP contribution in [0, 0.1) is 0 Å². The van der Waals surface area contributed by atoms with E-state index in [1.807, 2.05) is 18.2 Å². The van der Waals surface area contributed by atoms with Crippen LogP contribution in [0.2, 0.25) is 0 Å². The van der Waals surface area contributed by atoms with Crippen molar-refractivity contribution in [1.29, 1.82) is 0 Å². The van der Waals surface area contributed by atoms with Crippen molar-refractivity contribution in [3.05, 3.63) is 60.7 Å². The molecule has 4 rings (SSSR count). The van der Waals surface area contributed by atoms with E-state index in [1.165, 1.54) is 17.1 Å². The van der Waals surface area contributed by atoms with Gasteiger partial charge in [0.05, 0.1) is 12.5 Å². The average Bonchev–Trinajstić information content (AvgIpc) is 3.04. The topological polar surface area (TPSA) is 78.8 Å². The molecular formula is C16H12N6. The van der Waals surface area contributed by atoms with Gasteiger partial charge in [-0.3, -0.25) is 5.43 Å². The van der Waals surface area contributed by atoms with Gasteiger partial charge in [-0.25, -0.2) is 15.0 Å². The molecule has 0 saturated heterocycles. The normalized spacial score (nSPS) is 11.5. The van der Waals surface area contributed by atoms with Crippen LogP contribution < -0.4 is 5.43 Å². The quantitative estimate of drug-likeness (QED) is 0.449. The van der Waals surface area contributed by atoms with Gasteiger partial charge >= 0.3 is 0 Å². The fourth-order valence-electron chi connectivity index (χ4n) is 2.31. The van der Waals surface area contributed by atoms with E-state index in [0.717, 1.165) is 11.1 Å². The maximum absolute atomic E-state index is 4.24. The number of anilines is 1. The zero-order chi connectivity index (χ0) is 14.8. The smallest absolute Gasteiger partial charge is 0.182 e. The maximum Gasteiger partial charge on any atom is 0.182 e. The summed E-state index contributed by atoms with van der Waals surface area (Å²) < 4.78 is 0. The van der Waals surface area contributed by atoms with E-state index in [2.05, 4.69) is 54.7 Å². The van der Waals surface area contributed by atoms with Crippen LogP contribution in [0.25, 0.3) is 21.9 Å². The molecule has 22 heavy (non-hydrogen) atoms. The van der Waals surface area contributed by atoms with Gasteiger partial charge in [-0.1, -0.05) is 36.4 Å². The number of hydrogen-bond donors (Lipinski definition) is 2. The number of hydrazone groups is 1. The first-order valence-corrected chi connectivity index (χ1v) is 6.82. The van der Waals surface area contributed by atoms with E-state index in [1.54, 1.807) is 12.5 Å². The van der Waals surface area contributed by atoms with Crippen molar-refractivity contribution >= 4 is 34.0 Å². The first-order chi connectivity index (χ1) is 10.9. The van der Waals surface area contributed by atoms with Crippen LogP contribution in [0.15, 0.2) is 60.2 Å². The molecule has 4 aromatic rings. The second-order valence-corrected chi connectivity index (χ2v) is 4.80. The number of nitrogens with one attached hydrogen (secondary N) is 2. The van der Waals surface area contributed by atoms with Crippen molar-refractivity contribution in [3.8, 4) is 0 Å². The van der Waals surface area contributed by atoms with Gasteiger partial charge in [0.25, 0.3) is 0 Å². The van der Waals surface area contributed by atoms with E-state index in [-0.39, 0.29) is 0 Å². The maximum atomic E-state index is 4.24. The fraction of sp³-hybridized carbons (Fsp3) is 0.